The first-order valence-corrected chi connectivity index (χ1v) is 9.49. The van der Waals surface area contributed by atoms with E-state index < -0.39 is 0 Å². The van der Waals surface area contributed by atoms with Gasteiger partial charge in [0.05, 0.1) is 0 Å². The third kappa shape index (κ3) is 6.99. The fraction of sp³-hybridized carbons (Fsp3) is 0.381. The lowest BCUT2D eigenvalue weighted by Crippen LogP contribution is -2.43. The quantitative estimate of drug-likeness (QED) is 0.678. The molecule has 0 spiro atoms. The predicted molar refractivity (Wildman–Crippen MR) is 115 cm³/mol. The molecule has 0 unspecified atom stereocenters. The van der Waals surface area contributed by atoms with Gasteiger partial charge in [0, 0.05) is 29.2 Å². The zero-order valence-corrected chi connectivity index (χ0v) is 18.3. The van der Waals surface area contributed by atoms with E-state index in [1.165, 1.54) is 0 Å². The van der Waals surface area contributed by atoms with Gasteiger partial charge in [0.15, 0.2) is 18.1 Å². The van der Waals surface area contributed by atoms with E-state index in [4.69, 9.17) is 25.8 Å². The Labute approximate surface area is 182 Å². The highest BCUT2D eigenvalue weighted by Crippen LogP contribution is 2.32. The van der Waals surface area contributed by atoms with Crippen molar-refractivity contribution in [3.63, 3.8) is 0 Å². The van der Waals surface area contributed by atoms with Crippen LogP contribution in [0.5, 0.6) is 17.2 Å². The van der Waals surface area contributed by atoms with E-state index in [0.29, 0.717) is 23.9 Å². The molecule has 0 atom stereocenters. The van der Waals surface area contributed by atoms with Gasteiger partial charge in [-0.25, -0.2) is 0 Å². The monoisotopic (exact) mass is 440 g/mol. The van der Waals surface area contributed by atoms with Crippen LogP contribution in [0.15, 0.2) is 36.4 Å². The number of halogens is 2. The van der Waals surface area contributed by atoms with Crippen LogP contribution in [0.1, 0.15) is 31.9 Å². The van der Waals surface area contributed by atoms with Crippen molar-refractivity contribution in [3.05, 3.63) is 52.5 Å². The molecule has 6 nitrogen and oxygen atoms in total. The van der Waals surface area contributed by atoms with E-state index in [1.807, 2.05) is 45.0 Å². The van der Waals surface area contributed by atoms with E-state index in [-0.39, 0.29) is 37.3 Å². The average Bonchev–Trinajstić information content (AvgIpc) is 3.07. The second-order valence-electron chi connectivity index (χ2n) is 7.63. The zero-order valence-electron chi connectivity index (χ0n) is 16.7. The molecule has 1 amide bonds. The molecule has 3 rings (SSSR count). The SMILES string of the molecule is CC(C)(C)NC(=O)COc1ccc(Cl)cc1CNCc1ccc2c(c1)OCO2.Cl. The highest BCUT2D eigenvalue weighted by molar-refractivity contribution is 6.30. The Kier molecular flexibility index (Phi) is 8.02. The number of rotatable bonds is 7. The molecule has 2 aromatic carbocycles. The molecule has 8 heteroatoms. The summed E-state index contributed by atoms with van der Waals surface area (Å²) in [4.78, 5) is 12.0. The summed E-state index contributed by atoms with van der Waals surface area (Å²) < 4.78 is 16.4. The maximum Gasteiger partial charge on any atom is 0.258 e. The van der Waals surface area contributed by atoms with Crippen molar-refractivity contribution in [1.29, 1.82) is 0 Å². The van der Waals surface area contributed by atoms with Crippen molar-refractivity contribution >= 4 is 29.9 Å². The summed E-state index contributed by atoms with van der Waals surface area (Å²) in [5, 5.41) is 6.86. The second kappa shape index (κ2) is 10.1. The van der Waals surface area contributed by atoms with Crippen LogP contribution in [0.25, 0.3) is 0 Å². The van der Waals surface area contributed by atoms with E-state index in [2.05, 4.69) is 10.6 Å². The van der Waals surface area contributed by atoms with Gasteiger partial charge in [-0.05, 0) is 56.7 Å². The largest absolute Gasteiger partial charge is 0.483 e. The number of hydrogen-bond donors (Lipinski definition) is 2. The third-order valence-electron chi connectivity index (χ3n) is 3.98. The first-order valence-electron chi connectivity index (χ1n) is 9.12. The number of carbonyl (C=O) groups is 1. The fourth-order valence-electron chi connectivity index (χ4n) is 2.82. The normalized spacial score (nSPS) is 12.3. The third-order valence-corrected chi connectivity index (χ3v) is 4.21. The smallest absolute Gasteiger partial charge is 0.258 e. The zero-order chi connectivity index (χ0) is 20.1. The van der Waals surface area contributed by atoms with Crippen molar-refractivity contribution < 1.29 is 19.0 Å². The molecule has 0 bridgehead atoms. The molecule has 1 aliphatic heterocycles. The first kappa shape index (κ1) is 23.1. The Balaban J connectivity index is 0.00000300. The molecule has 0 aromatic heterocycles. The van der Waals surface area contributed by atoms with E-state index in [9.17, 15) is 4.79 Å². The van der Waals surface area contributed by atoms with Crippen molar-refractivity contribution in [1.82, 2.24) is 10.6 Å². The Morgan fingerprint density at radius 3 is 2.62 bits per heavy atom. The lowest BCUT2D eigenvalue weighted by Gasteiger charge is -2.21. The van der Waals surface area contributed by atoms with Crippen LogP contribution < -0.4 is 24.8 Å². The lowest BCUT2D eigenvalue weighted by atomic mass is 10.1. The molecule has 2 N–H and O–H groups in total. The molecule has 0 saturated carbocycles. The average molecular weight is 441 g/mol. The summed E-state index contributed by atoms with van der Waals surface area (Å²) in [5.74, 6) is 1.99. The molecule has 0 fully saturated rings. The van der Waals surface area contributed by atoms with Gasteiger partial charge in [0.25, 0.3) is 5.91 Å². The summed E-state index contributed by atoms with van der Waals surface area (Å²) in [7, 11) is 0. The topological polar surface area (TPSA) is 68.8 Å². The Morgan fingerprint density at radius 1 is 1.10 bits per heavy atom. The van der Waals surface area contributed by atoms with E-state index >= 15 is 0 Å². The summed E-state index contributed by atoms with van der Waals surface area (Å²) in [6.45, 7) is 7.20. The van der Waals surface area contributed by atoms with Crippen LogP contribution >= 0.6 is 24.0 Å². The molecular formula is C21H26Cl2N2O4. The number of hydrogen-bond acceptors (Lipinski definition) is 5. The molecule has 1 aliphatic rings. The van der Waals surface area contributed by atoms with Gasteiger partial charge in [-0.2, -0.15) is 0 Å². The van der Waals surface area contributed by atoms with Crippen molar-refractivity contribution in [2.75, 3.05) is 13.4 Å². The van der Waals surface area contributed by atoms with Crippen molar-refractivity contribution in [3.8, 4) is 17.2 Å². The molecule has 0 radical (unpaired) electrons. The van der Waals surface area contributed by atoms with Crippen LogP contribution in [0, 0.1) is 0 Å². The number of fused-ring (bicyclic) bond motifs is 1. The van der Waals surface area contributed by atoms with Crippen LogP contribution in [0.3, 0.4) is 0 Å². The standard InChI is InChI=1S/C21H25ClN2O4.ClH/c1-21(2,3)24-20(25)12-26-17-7-5-16(22)9-15(17)11-23-10-14-4-6-18-19(8-14)28-13-27-18;/h4-9,23H,10-13H2,1-3H3,(H,24,25);1H. The van der Waals surface area contributed by atoms with E-state index in [1.54, 1.807) is 12.1 Å². The van der Waals surface area contributed by atoms with Gasteiger partial charge in [0.2, 0.25) is 6.79 Å². The Hall–Kier alpha value is -2.15. The van der Waals surface area contributed by atoms with Crippen LogP contribution in [-0.4, -0.2) is 24.8 Å². The van der Waals surface area contributed by atoms with Crippen LogP contribution in [0.2, 0.25) is 5.02 Å². The first-order chi connectivity index (χ1) is 13.3. The molecule has 158 valence electrons. The van der Waals surface area contributed by atoms with Gasteiger partial charge < -0.3 is 24.8 Å². The highest BCUT2D eigenvalue weighted by Gasteiger charge is 2.15. The van der Waals surface area contributed by atoms with Crippen LogP contribution in [-0.2, 0) is 17.9 Å². The summed E-state index contributed by atoms with van der Waals surface area (Å²) >= 11 is 6.13. The highest BCUT2D eigenvalue weighted by atomic mass is 35.5. The molecule has 29 heavy (non-hydrogen) atoms. The summed E-state index contributed by atoms with van der Waals surface area (Å²) in [6, 6.07) is 11.2. The minimum absolute atomic E-state index is 0. The number of nitrogens with one attached hydrogen (secondary N) is 2. The van der Waals surface area contributed by atoms with E-state index in [0.717, 1.165) is 22.6 Å². The fourth-order valence-corrected chi connectivity index (χ4v) is 3.01. The van der Waals surface area contributed by atoms with Gasteiger partial charge in [-0.3, -0.25) is 4.79 Å². The molecule has 1 heterocycles. The van der Waals surface area contributed by atoms with Gasteiger partial charge in [-0.15, -0.1) is 12.4 Å². The summed E-state index contributed by atoms with van der Waals surface area (Å²) in [5.41, 5.74) is 1.67. The van der Waals surface area contributed by atoms with Gasteiger partial charge >= 0.3 is 0 Å². The molecule has 0 saturated heterocycles. The number of carbonyl (C=O) groups excluding carboxylic acids is 1. The van der Waals surface area contributed by atoms with Crippen molar-refractivity contribution in [2.45, 2.75) is 39.4 Å². The van der Waals surface area contributed by atoms with Crippen LogP contribution in [0.4, 0.5) is 0 Å². The second-order valence-corrected chi connectivity index (χ2v) is 8.07. The lowest BCUT2D eigenvalue weighted by molar-refractivity contribution is -0.124. The predicted octanol–water partition coefficient (Wildman–Crippen LogP) is 4.07. The molecular weight excluding hydrogens is 415 g/mol. The number of benzene rings is 2. The number of amides is 1. The molecule has 0 aliphatic carbocycles. The molecule has 2 aromatic rings. The maximum absolute atomic E-state index is 12.0. The minimum atomic E-state index is -0.296. The Morgan fingerprint density at radius 2 is 1.86 bits per heavy atom. The number of ether oxygens (including phenoxy) is 3. The summed E-state index contributed by atoms with van der Waals surface area (Å²) in [6.07, 6.45) is 0. The Bertz CT molecular complexity index is 853. The maximum atomic E-state index is 12.0. The van der Waals surface area contributed by atoms with Crippen molar-refractivity contribution in [2.24, 2.45) is 0 Å². The van der Waals surface area contributed by atoms with Gasteiger partial charge in [0.1, 0.15) is 5.75 Å². The minimum Gasteiger partial charge on any atom is -0.483 e. The van der Waals surface area contributed by atoms with Gasteiger partial charge in [-0.1, -0.05) is 17.7 Å².